The largest absolute Gasteiger partial charge is 0.406 e. The molecule has 0 aliphatic heterocycles. The van der Waals surface area contributed by atoms with Crippen LogP contribution in [0.3, 0.4) is 0 Å². The van der Waals surface area contributed by atoms with Gasteiger partial charge in [-0.15, -0.1) is 0 Å². The standard InChI is InChI=1S/C8H19NO2Si/c1-4-7(9)12-8(10-5-2)11-6-3/h4,8H,5-6,9,12H2,1-3H3. The Bertz CT molecular complexity index is 133. The summed E-state index contributed by atoms with van der Waals surface area (Å²) in [7, 11) is -0.578. The van der Waals surface area contributed by atoms with E-state index in [1.54, 1.807) is 0 Å². The molecule has 3 nitrogen and oxygen atoms in total. The molecule has 0 amide bonds. The smallest absolute Gasteiger partial charge is 0.141 e. The maximum atomic E-state index is 5.70. The van der Waals surface area contributed by atoms with Crippen molar-refractivity contribution in [2.45, 2.75) is 26.7 Å². The molecule has 0 fully saturated rings. The first-order valence-corrected chi connectivity index (χ1v) is 5.90. The fraction of sp³-hybridized carbons (Fsp3) is 0.750. The average molecular weight is 189 g/mol. The van der Waals surface area contributed by atoms with E-state index in [2.05, 4.69) is 0 Å². The van der Waals surface area contributed by atoms with E-state index in [1.165, 1.54) is 0 Å². The molecule has 0 aliphatic carbocycles. The van der Waals surface area contributed by atoms with Crippen molar-refractivity contribution in [3.8, 4) is 0 Å². The van der Waals surface area contributed by atoms with Crippen molar-refractivity contribution in [2.75, 3.05) is 13.2 Å². The second kappa shape index (κ2) is 7.33. The number of nitrogens with two attached hydrogens (primary N) is 1. The van der Waals surface area contributed by atoms with Crippen LogP contribution in [0.4, 0.5) is 0 Å². The van der Waals surface area contributed by atoms with E-state index >= 15 is 0 Å². The third-order valence-corrected chi connectivity index (χ3v) is 3.16. The van der Waals surface area contributed by atoms with Gasteiger partial charge in [-0.1, -0.05) is 6.08 Å². The third kappa shape index (κ3) is 5.34. The van der Waals surface area contributed by atoms with Gasteiger partial charge in [-0.25, -0.2) is 0 Å². The van der Waals surface area contributed by atoms with Gasteiger partial charge >= 0.3 is 0 Å². The summed E-state index contributed by atoms with van der Waals surface area (Å²) < 4.78 is 10.7. The lowest BCUT2D eigenvalue weighted by atomic mass is 10.7. The lowest BCUT2D eigenvalue weighted by molar-refractivity contribution is -0.0821. The minimum atomic E-state index is -0.578. The molecular formula is C8H19NO2Si. The predicted octanol–water partition coefficient (Wildman–Crippen LogP) is 0.332. The Morgan fingerprint density at radius 1 is 1.42 bits per heavy atom. The van der Waals surface area contributed by atoms with Crippen LogP contribution in [0.2, 0.25) is 0 Å². The highest BCUT2D eigenvalue weighted by Crippen LogP contribution is 1.96. The van der Waals surface area contributed by atoms with Crippen LogP contribution in [-0.4, -0.2) is 28.6 Å². The van der Waals surface area contributed by atoms with Crippen LogP contribution in [0.15, 0.2) is 11.4 Å². The molecule has 0 spiro atoms. The second-order valence-electron chi connectivity index (χ2n) is 2.41. The van der Waals surface area contributed by atoms with Gasteiger partial charge in [-0.2, -0.15) is 0 Å². The lowest BCUT2D eigenvalue weighted by Crippen LogP contribution is -2.28. The van der Waals surface area contributed by atoms with Crippen molar-refractivity contribution in [1.82, 2.24) is 0 Å². The molecule has 0 saturated carbocycles. The highest BCUT2D eigenvalue weighted by Gasteiger charge is 2.08. The highest BCUT2D eigenvalue weighted by molar-refractivity contribution is 6.45. The van der Waals surface area contributed by atoms with Gasteiger partial charge in [-0.05, 0) is 26.1 Å². The first-order valence-electron chi connectivity index (χ1n) is 4.38. The lowest BCUT2D eigenvalue weighted by Gasteiger charge is -2.16. The monoisotopic (exact) mass is 189 g/mol. The van der Waals surface area contributed by atoms with E-state index in [0.29, 0.717) is 13.2 Å². The van der Waals surface area contributed by atoms with Gasteiger partial charge in [0.1, 0.15) is 15.4 Å². The topological polar surface area (TPSA) is 44.5 Å². The molecule has 0 heterocycles. The minimum Gasteiger partial charge on any atom is -0.406 e. The molecule has 0 aromatic carbocycles. The summed E-state index contributed by atoms with van der Waals surface area (Å²) >= 11 is 0. The minimum absolute atomic E-state index is 0.0452. The van der Waals surface area contributed by atoms with Crippen LogP contribution in [0, 0.1) is 0 Å². The molecule has 0 radical (unpaired) electrons. The first kappa shape index (κ1) is 11.7. The number of allylic oxidation sites excluding steroid dienone is 1. The first-order chi connectivity index (χ1) is 5.74. The van der Waals surface area contributed by atoms with E-state index < -0.39 is 9.52 Å². The Kier molecular flexibility index (Phi) is 7.14. The van der Waals surface area contributed by atoms with Crippen LogP contribution >= 0.6 is 0 Å². The third-order valence-electron chi connectivity index (χ3n) is 1.48. The van der Waals surface area contributed by atoms with E-state index in [1.807, 2.05) is 26.8 Å². The number of hydrogen-bond acceptors (Lipinski definition) is 3. The zero-order valence-corrected chi connectivity index (χ0v) is 9.58. The fourth-order valence-corrected chi connectivity index (χ4v) is 2.18. The normalized spacial score (nSPS) is 13.5. The Morgan fingerprint density at radius 2 is 1.92 bits per heavy atom. The Hall–Kier alpha value is -0.323. The predicted molar refractivity (Wildman–Crippen MR) is 53.5 cm³/mol. The van der Waals surface area contributed by atoms with E-state index in [4.69, 9.17) is 15.2 Å². The van der Waals surface area contributed by atoms with Crippen molar-refractivity contribution in [1.29, 1.82) is 0 Å². The summed E-state index contributed by atoms with van der Waals surface area (Å²) in [6, 6.07) is 0. The van der Waals surface area contributed by atoms with Crippen molar-refractivity contribution >= 4 is 9.52 Å². The van der Waals surface area contributed by atoms with Gasteiger partial charge in [0.05, 0.1) is 0 Å². The summed E-state index contributed by atoms with van der Waals surface area (Å²) in [4.78, 5) is 0. The van der Waals surface area contributed by atoms with Crippen molar-refractivity contribution in [3.63, 3.8) is 0 Å². The number of ether oxygens (including phenoxy) is 2. The van der Waals surface area contributed by atoms with E-state index in [9.17, 15) is 0 Å². The Labute approximate surface area is 76.7 Å². The van der Waals surface area contributed by atoms with Crippen LogP contribution in [0.5, 0.6) is 0 Å². The molecular weight excluding hydrogens is 170 g/mol. The molecule has 0 saturated heterocycles. The van der Waals surface area contributed by atoms with Gasteiger partial charge in [0.25, 0.3) is 0 Å². The van der Waals surface area contributed by atoms with Gasteiger partial charge in [-0.3, -0.25) is 0 Å². The molecule has 0 rings (SSSR count). The molecule has 2 N–H and O–H groups in total. The molecule has 0 unspecified atom stereocenters. The average Bonchev–Trinajstić information content (AvgIpc) is 2.05. The van der Waals surface area contributed by atoms with Crippen molar-refractivity contribution in [2.24, 2.45) is 5.73 Å². The quantitative estimate of drug-likeness (QED) is 0.484. The van der Waals surface area contributed by atoms with Gasteiger partial charge < -0.3 is 15.2 Å². The van der Waals surface area contributed by atoms with Crippen LogP contribution in [0.1, 0.15) is 20.8 Å². The number of hydrogen-bond donors (Lipinski definition) is 1. The molecule has 0 atom stereocenters. The van der Waals surface area contributed by atoms with Gasteiger partial charge in [0.2, 0.25) is 0 Å². The van der Waals surface area contributed by atoms with Crippen molar-refractivity contribution in [3.05, 3.63) is 11.4 Å². The van der Waals surface area contributed by atoms with E-state index in [-0.39, 0.29) is 5.91 Å². The summed E-state index contributed by atoms with van der Waals surface area (Å²) in [5.74, 6) is -0.0452. The molecule has 0 aliphatic rings. The SMILES string of the molecule is CC=C(N)[SiH2]C(OCC)OCC. The maximum Gasteiger partial charge on any atom is 0.141 e. The molecule has 72 valence electrons. The summed E-state index contributed by atoms with van der Waals surface area (Å²) in [5, 5.41) is 0.946. The molecule has 0 bridgehead atoms. The molecule has 0 aromatic heterocycles. The molecule has 4 heteroatoms. The second-order valence-corrected chi connectivity index (χ2v) is 4.30. The van der Waals surface area contributed by atoms with Crippen LogP contribution in [-0.2, 0) is 9.47 Å². The summed E-state index contributed by atoms with van der Waals surface area (Å²) in [5.41, 5.74) is 5.70. The van der Waals surface area contributed by atoms with Crippen LogP contribution < -0.4 is 5.73 Å². The Balaban J connectivity index is 3.77. The van der Waals surface area contributed by atoms with Gasteiger partial charge in [0, 0.05) is 13.2 Å². The maximum absolute atomic E-state index is 5.70. The Morgan fingerprint density at radius 3 is 2.25 bits per heavy atom. The van der Waals surface area contributed by atoms with E-state index in [0.717, 1.165) is 5.32 Å². The molecule has 12 heavy (non-hydrogen) atoms. The zero-order chi connectivity index (χ0) is 9.40. The molecule has 0 aromatic rings. The fourth-order valence-electron chi connectivity index (χ4n) is 0.848. The number of rotatable bonds is 6. The summed E-state index contributed by atoms with van der Waals surface area (Å²) in [6.45, 7) is 7.25. The van der Waals surface area contributed by atoms with Crippen molar-refractivity contribution < 1.29 is 9.47 Å². The highest BCUT2D eigenvalue weighted by atomic mass is 28.2. The van der Waals surface area contributed by atoms with Crippen LogP contribution in [0.25, 0.3) is 0 Å². The van der Waals surface area contributed by atoms with Gasteiger partial charge in [0.15, 0.2) is 0 Å². The summed E-state index contributed by atoms with van der Waals surface area (Å²) in [6.07, 6.45) is 1.93. The zero-order valence-electron chi connectivity index (χ0n) is 8.17.